The molecule has 2 nitrogen and oxygen atoms in total. The second-order valence-electron chi connectivity index (χ2n) is 5.06. The van der Waals surface area contributed by atoms with E-state index in [0.717, 1.165) is 37.8 Å². The SMILES string of the molecule is CN1CCC(Cc2ccc(Cl)c(Cl)c2)C(C=O)C1. The van der Waals surface area contributed by atoms with Crippen molar-refractivity contribution in [2.45, 2.75) is 12.8 Å². The molecule has 0 N–H and O–H groups in total. The number of benzene rings is 1. The molecule has 18 heavy (non-hydrogen) atoms. The molecule has 1 aromatic rings. The summed E-state index contributed by atoms with van der Waals surface area (Å²) in [5, 5.41) is 1.17. The van der Waals surface area contributed by atoms with Gasteiger partial charge in [0.15, 0.2) is 0 Å². The summed E-state index contributed by atoms with van der Waals surface area (Å²) < 4.78 is 0. The predicted molar refractivity (Wildman–Crippen MR) is 75.3 cm³/mol. The largest absolute Gasteiger partial charge is 0.306 e. The molecule has 1 heterocycles. The van der Waals surface area contributed by atoms with Gasteiger partial charge in [-0.3, -0.25) is 0 Å². The molecule has 0 radical (unpaired) electrons. The molecule has 0 aromatic heterocycles. The van der Waals surface area contributed by atoms with Crippen molar-refractivity contribution in [2.75, 3.05) is 20.1 Å². The van der Waals surface area contributed by atoms with Crippen molar-refractivity contribution in [1.29, 1.82) is 0 Å². The third-order valence-electron chi connectivity index (χ3n) is 3.67. The zero-order valence-electron chi connectivity index (χ0n) is 10.4. The molecule has 1 aliphatic heterocycles. The van der Waals surface area contributed by atoms with Gasteiger partial charge in [-0.2, -0.15) is 0 Å². The van der Waals surface area contributed by atoms with Gasteiger partial charge >= 0.3 is 0 Å². The van der Waals surface area contributed by atoms with Gasteiger partial charge in [-0.1, -0.05) is 29.3 Å². The summed E-state index contributed by atoms with van der Waals surface area (Å²) in [5.74, 6) is 0.536. The highest BCUT2D eigenvalue weighted by Gasteiger charge is 2.27. The lowest BCUT2D eigenvalue weighted by atomic mass is 9.82. The number of likely N-dealkylation sites (tertiary alicyclic amines) is 1. The van der Waals surface area contributed by atoms with Gasteiger partial charge in [0.1, 0.15) is 6.29 Å². The van der Waals surface area contributed by atoms with Gasteiger partial charge in [0, 0.05) is 12.5 Å². The second kappa shape index (κ2) is 6.05. The fourth-order valence-corrected chi connectivity index (χ4v) is 2.90. The molecule has 0 bridgehead atoms. The van der Waals surface area contributed by atoms with Crippen LogP contribution in [-0.4, -0.2) is 31.3 Å². The summed E-state index contributed by atoms with van der Waals surface area (Å²) in [6.45, 7) is 1.91. The summed E-state index contributed by atoms with van der Waals surface area (Å²) in [6.07, 6.45) is 3.05. The van der Waals surface area contributed by atoms with Gasteiger partial charge < -0.3 is 9.69 Å². The number of carbonyl (C=O) groups excluding carboxylic acids is 1. The van der Waals surface area contributed by atoms with E-state index in [9.17, 15) is 4.79 Å². The lowest BCUT2D eigenvalue weighted by Crippen LogP contribution is -2.39. The van der Waals surface area contributed by atoms with Gasteiger partial charge in [-0.25, -0.2) is 0 Å². The van der Waals surface area contributed by atoms with Gasteiger partial charge in [-0.15, -0.1) is 0 Å². The first kappa shape index (κ1) is 13.9. The van der Waals surface area contributed by atoms with Crippen molar-refractivity contribution in [3.05, 3.63) is 33.8 Å². The van der Waals surface area contributed by atoms with E-state index in [4.69, 9.17) is 23.2 Å². The van der Waals surface area contributed by atoms with Crippen LogP contribution in [0.5, 0.6) is 0 Å². The average Bonchev–Trinajstić information content (AvgIpc) is 2.36. The molecule has 0 amide bonds. The lowest BCUT2D eigenvalue weighted by molar-refractivity contribution is -0.114. The van der Waals surface area contributed by atoms with Gasteiger partial charge in [0.25, 0.3) is 0 Å². The fraction of sp³-hybridized carbons (Fsp3) is 0.500. The molecule has 0 spiro atoms. The summed E-state index contributed by atoms with van der Waals surface area (Å²) in [6, 6.07) is 5.72. The second-order valence-corrected chi connectivity index (χ2v) is 5.88. The molecule has 0 saturated carbocycles. The Morgan fingerprint density at radius 2 is 2.17 bits per heavy atom. The predicted octanol–water partition coefficient (Wildman–Crippen LogP) is 3.30. The van der Waals surface area contributed by atoms with E-state index in [1.807, 2.05) is 18.2 Å². The van der Waals surface area contributed by atoms with E-state index < -0.39 is 0 Å². The molecule has 1 aliphatic rings. The lowest BCUT2D eigenvalue weighted by Gasteiger charge is -2.34. The summed E-state index contributed by atoms with van der Waals surface area (Å²) in [7, 11) is 2.06. The van der Waals surface area contributed by atoms with Crippen LogP contribution in [0.3, 0.4) is 0 Å². The van der Waals surface area contributed by atoms with Crippen LogP contribution in [0, 0.1) is 11.8 Å². The third-order valence-corrected chi connectivity index (χ3v) is 4.41. The number of rotatable bonds is 3. The Bertz CT molecular complexity index is 436. The van der Waals surface area contributed by atoms with Crippen LogP contribution in [0.4, 0.5) is 0 Å². The van der Waals surface area contributed by atoms with Crippen LogP contribution in [0.1, 0.15) is 12.0 Å². The Kier molecular flexibility index (Phi) is 4.66. The highest BCUT2D eigenvalue weighted by atomic mass is 35.5. The molecule has 0 aliphatic carbocycles. The topological polar surface area (TPSA) is 20.3 Å². The maximum Gasteiger partial charge on any atom is 0.124 e. The maximum atomic E-state index is 11.2. The third kappa shape index (κ3) is 3.25. The minimum Gasteiger partial charge on any atom is -0.306 e. The first-order valence-corrected chi connectivity index (χ1v) is 6.93. The van der Waals surface area contributed by atoms with E-state index in [2.05, 4.69) is 11.9 Å². The Balaban J connectivity index is 2.07. The van der Waals surface area contributed by atoms with Gasteiger partial charge in [-0.05, 0) is 50.0 Å². The van der Waals surface area contributed by atoms with Gasteiger partial charge in [0.05, 0.1) is 10.0 Å². The van der Waals surface area contributed by atoms with Crippen molar-refractivity contribution < 1.29 is 4.79 Å². The molecular formula is C14H17Cl2NO. The highest BCUT2D eigenvalue weighted by Crippen LogP contribution is 2.28. The van der Waals surface area contributed by atoms with Crippen molar-refractivity contribution in [1.82, 2.24) is 4.90 Å². The van der Waals surface area contributed by atoms with Crippen molar-refractivity contribution in [2.24, 2.45) is 11.8 Å². The monoisotopic (exact) mass is 285 g/mol. The molecule has 2 atom stereocenters. The first-order chi connectivity index (χ1) is 8.60. The Hall–Kier alpha value is -0.570. The van der Waals surface area contributed by atoms with Crippen LogP contribution < -0.4 is 0 Å². The highest BCUT2D eigenvalue weighted by molar-refractivity contribution is 6.42. The quantitative estimate of drug-likeness (QED) is 0.795. The van der Waals surface area contributed by atoms with E-state index >= 15 is 0 Å². The molecule has 98 valence electrons. The van der Waals surface area contributed by atoms with Crippen LogP contribution >= 0.6 is 23.2 Å². The molecule has 2 unspecified atom stereocenters. The van der Waals surface area contributed by atoms with E-state index in [1.165, 1.54) is 0 Å². The van der Waals surface area contributed by atoms with E-state index in [0.29, 0.717) is 16.0 Å². The summed E-state index contributed by atoms with van der Waals surface area (Å²) in [5.41, 5.74) is 1.16. The van der Waals surface area contributed by atoms with Crippen LogP contribution in [0.2, 0.25) is 10.0 Å². The van der Waals surface area contributed by atoms with Gasteiger partial charge in [0.2, 0.25) is 0 Å². The van der Waals surface area contributed by atoms with Crippen LogP contribution in [-0.2, 0) is 11.2 Å². The number of halogens is 2. The maximum absolute atomic E-state index is 11.2. The molecule has 1 saturated heterocycles. The van der Waals surface area contributed by atoms with Crippen molar-refractivity contribution in [3.8, 4) is 0 Å². The van der Waals surface area contributed by atoms with E-state index in [-0.39, 0.29) is 5.92 Å². The zero-order chi connectivity index (χ0) is 13.1. The molecule has 1 fully saturated rings. The molecular weight excluding hydrogens is 269 g/mol. The van der Waals surface area contributed by atoms with Crippen LogP contribution in [0.25, 0.3) is 0 Å². The average molecular weight is 286 g/mol. The number of piperidine rings is 1. The zero-order valence-corrected chi connectivity index (χ0v) is 11.9. The number of nitrogens with zero attached hydrogens (tertiary/aromatic N) is 1. The fourth-order valence-electron chi connectivity index (χ4n) is 2.58. The summed E-state index contributed by atoms with van der Waals surface area (Å²) >= 11 is 11.9. The van der Waals surface area contributed by atoms with E-state index in [1.54, 1.807) is 0 Å². The Labute approximate surface area is 118 Å². The van der Waals surface area contributed by atoms with Crippen molar-refractivity contribution >= 4 is 29.5 Å². The number of carbonyl (C=O) groups is 1. The first-order valence-electron chi connectivity index (χ1n) is 6.18. The molecule has 2 rings (SSSR count). The van der Waals surface area contributed by atoms with Crippen molar-refractivity contribution in [3.63, 3.8) is 0 Å². The minimum atomic E-state index is 0.123. The normalized spacial score (nSPS) is 25.1. The molecule has 4 heteroatoms. The molecule has 1 aromatic carbocycles. The Morgan fingerprint density at radius 3 is 2.83 bits per heavy atom. The summed E-state index contributed by atoms with van der Waals surface area (Å²) in [4.78, 5) is 13.4. The number of hydrogen-bond donors (Lipinski definition) is 0. The standard InChI is InChI=1S/C14H17Cl2NO/c1-17-5-4-11(12(8-17)9-18)6-10-2-3-13(15)14(16)7-10/h2-3,7,9,11-12H,4-6,8H2,1H3. The van der Waals surface area contributed by atoms with Crippen LogP contribution in [0.15, 0.2) is 18.2 Å². The number of hydrogen-bond acceptors (Lipinski definition) is 2. The smallest absolute Gasteiger partial charge is 0.124 e. The number of aldehydes is 1. The minimum absolute atomic E-state index is 0.123. The Morgan fingerprint density at radius 1 is 1.39 bits per heavy atom.